The van der Waals surface area contributed by atoms with Gasteiger partial charge in [-0.25, -0.2) is 13.2 Å². The minimum atomic E-state index is -3.33. The molecule has 0 aliphatic carbocycles. The summed E-state index contributed by atoms with van der Waals surface area (Å²) in [7, 11) is -3.33. The fourth-order valence-corrected chi connectivity index (χ4v) is 4.31. The molecule has 0 amide bonds. The van der Waals surface area contributed by atoms with E-state index in [0.29, 0.717) is 27.8 Å². The summed E-state index contributed by atoms with van der Waals surface area (Å²) in [6, 6.07) is 11.4. The van der Waals surface area contributed by atoms with Crippen LogP contribution in [0.5, 0.6) is 5.75 Å². The predicted molar refractivity (Wildman–Crippen MR) is 118 cm³/mol. The third-order valence-corrected chi connectivity index (χ3v) is 6.59. The van der Waals surface area contributed by atoms with Crippen molar-refractivity contribution in [1.82, 2.24) is 0 Å². The first-order valence-corrected chi connectivity index (χ1v) is 11.4. The minimum Gasteiger partial charge on any atom is -0.508 e. The average molecular weight is 427 g/mol. The van der Waals surface area contributed by atoms with Crippen LogP contribution in [0.1, 0.15) is 44.4 Å². The van der Waals surface area contributed by atoms with Gasteiger partial charge >= 0.3 is 5.97 Å². The van der Waals surface area contributed by atoms with Crippen molar-refractivity contribution in [3.8, 4) is 5.75 Å². The molecule has 3 rings (SSSR count). The van der Waals surface area contributed by atoms with Crippen LogP contribution >= 0.6 is 0 Å². The van der Waals surface area contributed by atoms with E-state index in [-0.39, 0.29) is 10.6 Å². The molecule has 6 heteroatoms. The lowest BCUT2D eigenvalue weighted by Gasteiger charge is -2.23. The lowest BCUT2D eigenvalue weighted by Crippen LogP contribution is -2.22. The summed E-state index contributed by atoms with van der Waals surface area (Å²) in [6.45, 7) is 11.3. The third-order valence-electron chi connectivity index (χ3n) is 5.46. The van der Waals surface area contributed by atoms with E-state index in [9.17, 15) is 18.3 Å². The molecule has 1 heterocycles. The molecule has 0 saturated carbocycles. The van der Waals surface area contributed by atoms with Crippen LogP contribution in [-0.4, -0.2) is 31.4 Å². The Balaban J connectivity index is 2.26. The van der Waals surface area contributed by atoms with Crippen LogP contribution < -0.4 is 0 Å². The number of hydrogen-bond donors (Lipinski definition) is 1. The second kappa shape index (κ2) is 7.13. The largest absolute Gasteiger partial charge is 0.508 e. The van der Waals surface area contributed by atoms with Crippen LogP contribution in [0.4, 0.5) is 0 Å². The summed E-state index contributed by atoms with van der Waals surface area (Å²) >= 11 is 0. The number of cyclic esters (lactones) is 1. The van der Waals surface area contributed by atoms with Crippen molar-refractivity contribution in [2.75, 3.05) is 6.26 Å². The van der Waals surface area contributed by atoms with Crippen LogP contribution in [0.25, 0.3) is 11.1 Å². The normalized spacial score (nSPS) is 16.5. The highest BCUT2D eigenvalue weighted by molar-refractivity contribution is 7.90. The standard InChI is InChI=1S/C24H26O5S/c1-7-23(2,3)18-14-16(10-13-19(18)25)20-21(24(4,5)29-22(20)26)15-8-11-17(12-9-15)30(6,27)28/h7-14,25H,1H2,2-6H3. The Labute approximate surface area is 177 Å². The van der Waals surface area contributed by atoms with Gasteiger partial charge in [0.1, 0.15) is 11.4 Å². The summed E-state index contributed by atoms with van der Waals surface area (Å²) in [5.41, 5.74) is 1.63. The van der Waals surface area contributed by atoms with Crippen LogP contribution in [0, 0.1) is 0 Å². The Bertz CT molecular complexity index is 1170. The number of benzene rings is 2. The second-order valence-corrected chi connectivity index (χ2v) is 10.6. The highest BCUT2D eigenvalue weighted by Crippen LogP contribution is 2.45. The lowest BCUT2D eigenvalue weighted by molar-refractivity contribution is -0.141. The molecule has 1 aliphatic heterocycles. The fraction of sp³-hybridized carbons (Fsp3) is 0.292. The van der Waals surface area contributed by atoms with Gasteiger partial charge in [0.15, 0.2) is 9.84 Å². The van der Waals surface area contributed by atoms with E-state index < -0.39 is 26.8 Å². The smallest absolute Gasteiger partial charge is 0.340 e. The molecule has 30 heavy (non-hydrogen) atoms. The molecule has 0 bridgehead atoms. The van der Waals surface area contributed by atoms with Gasteiger partial charge in [-0.05, 0) is 49.2 Å². The molecule has 0 fully saturated rings. The summed E-state index contributed by atoms with van der Waals surface area (Å²) in [5, 5.41) is 10.4. The molecular formula is C24H26O5S. The molecule has 0 aromatic heterocycles. The number of phenolic OH excluding ortho intramolecular Hbond substituents is 1. The maximum absolute atomic E-state index is 12.9. The predicted octanol–water partition coefficient (Wildman–Crippen LogP) is 4.51. The first-order valence-electron chi connectivity index (χ1n) is 9.54. The number of aromatic hydroxyl groups is 1. The van der Waals surface area contributed by atoms with Gasteiger partial charge in [-0.1, -0.05) is 38.1 Å². The zero-order chi connectivity index (χ0) is 22.5. The van der Waals surface area contributed by atoms with Gasteiger partial charge in [0.05, 0.1) is 10.5 Å². The SMILES string of the molecule is C=CC(C)(C)c1cc(C2=C(c3ccc(S(C)(=O)=O)cc3)C(C)(C)OC2=O)ccc1O. The Hall–Kier alpha value is -2.86. The van der Waals surface area contributed by atoms with Crippen LogP contribution in [0.15, 0.2) is 60.0 Å². The first kappa shape index (κ1) is 21.8. The van der Waals surface area contributed by atoms with Gasteiger partial charge in [0.2, 0.25) is 0 Å². The number of carbonyl (C=O) groups excluding carboxylic acids is 1. The van der Waals surface area contributed by atoms with E-state index in [4.69, 9.17) is 4.74 Å². The quantitative estimate of drug-likeness (QED) is 0.562. The van der Waals surface area contributed by atoms with Crippen molar-refractivity contribution in [2.24, 2.45) is 0 Å². The summed E-state index contributed by atoms with van der Waals surface area (Å²) in [5.74, 6) is -0.343. The Kier molecular flexibility index (Phi) is 5.19. The van der Waals surface area contributed by atoms with Crippen LogP contribution in [0.3, 0.4) is 0 Å². The number of hydrogen-bond acceptors (Lipinski definition) is 5. The molecule has 1 aliphatic rings. The number of phenols is 1. The number of esters is 1. The number of carbonyl (C=O) groups is 1. The van der Waals surface area contributed by atoms with Gasteiger partial charge in [0, 0.05) is 22.8 Å². The third kappa shape index (κ3) is 3.79. The van der Waals surface area contributed by atoms with Crippen molar-refractivity contribution in [3.05, 3.63) is 71.8 Å². The molecular weight excluding hydrogens is 400 g/mol. The van der Waals surface area contributed by atoms with Crippen molar-refractivity contribution in [3.63, 3.8) is 0 Å². The molecule has 5 nitrogen and oxygen atoms in total. The van der Waals surface area contributed by atoms with Gasteiger partial charge < -0.3 is 9.84 Å². The first-order chi connectivity index (χ1) is 13.8. The summed E-state index contributed by atoms with van der Waals surface area (Å²) in [4.78, 5) is 13.1. The fourth-order valence-electron chi connectivity index (χ4n) is 3.68. The van der Waals surface area contributed by atoms with E-state index in [1.54, 1.807) is 50.3 Å². The van der Waals surface area contributed by atoms with Gasteiger partial charge in [0.25, 0.3) is 0 Å². The molecule has 0 unspecified atom stereocenters. The average Bonchev–Trinajstić information content (AvgIpc) is 2.89. The summed E-state index contributed by atoms with van der Waals surface area (Å²) in [6.07, 6.45) is 2.89. The Morgan fingerprint density at radius 3 is 2.17 bits per heavy atom. The summed E-state index contributed by atoms with van der Waals surface area (Å²) < 4.78 is 29.2. The zero-order valence-electron chi connectivity index (χ0n) is 17.8. The topological polar surface area (TPSA) is 80.7 Å². The lowest BCUT2D eigenvalue weighted by atomic mass is 9.81. The van der Waals surface area contributed by atoms with E-state index in [0.717, 1.165) is 6.26 Å². The van der Waals surface area contributed by atoms with Crippen molar-refractivity contribution in [1.29, 1.82) is 0 Å². The second-order valence-electron chi connectivity index (χ2n) is 8.60. The van der Waals surface area contributed by atoms with Crippen LogP contribution in [0.2, 0.25) is 0 Å². The molecule has 0 atom stereocenters. The van der Waals surface area contributed by atoms with E-state index in [1.807, 2.05) is 13.8 Å². The highest BCUT2D eigenvalue weighted by atomic mass is 32.2. The number of sulfone groups is 1. The number of ether oxygens (including phenoxy) is 1. The van der Waals surface area contributed by atoms with Crippen molar-refractivity contribution in [2.45, 2.75) is 43.6 Å². The van der Waals surface area contributed by atoms with Crippen LogP contribution in [-0.2, 0) is 24.8 Å². The molecule has 2 aromatic rings. The molecule has 0 saturated heterocycles. The maximum Gasteiger partial charge on any atom is 0.340 e. The Morgan fingerprint density at radius 1 is 1.07 bits per heavy atom. The molecule has 0 spiro atoms. The highest BCUT2D eigenvalue weighted by Gasteiger charge is 2.42. The molecule has 0 radical (unpaired) electrons. The zero-order valence-corrected chi connectivity index (χ0v) is 18.6. The van der Waals surface area contributed by atoms with Crippen molar-refractivity contribution >= 4 is 27.0 Å². The number of allylic oxidation sites excluding steroid dienone is 1. The van der Waals surface area contributed by atoms with E-state index in [2.05, 4.69) is 6.58 Å². The number of rotatable bonds is 5. The van der Waals surface area contributed by atoms with Gasteiger partial charge in [-0.2, -0.15) is 0 Å². The molecule has 158 valence electrons. The van der Waals surface area contributed by atoms with Crippen molar-refractivity contribution < 1.29 is 23.1 Å². The van der Waals surface area contributed by atoms with E-state index >= 15 is 0 Å². The molecule has 1 N–H and O–H groups in total. The van der Waals surface area contributed by atoms with Gasteiger partial charge in [-0.3, -0.25) is 0 Å². The van der Waals surface area contributed by atoms with E-state index in [1.165, 1.54) is 12.1 Å². The molecule has 2 aromatic carbocycles. The minimum absolute atomic E-state index is 0.119. The van der Waals surface area contributed by atoms with Gasteiger partial charge in [-0.15, -0.1) is 6.58 Å². The monoisotopic (exact) mass is 426 g/mol. The Morgan fingerprint density at radius 2 is 1.63 bits per heavy atom. The maximum atomic E-state index is 12.9.